The molecule has 1 aromatic carbocycles. The van der Waals surface area contributed by atoms with Crippen LogP contribution in [0, 0.1) is 5.41 Å². The van der Waals surface area contributed by atoms with E-state index in [1.165, 1.54) is 11.1 Å². The molecule has 3 nitrogen and oxygen atoms in total. The van der Waals surface area contributed by atoms with Crippen LogP contribution in [-0.2, 0) is 11.3 Å². The van der Waals surface area contributed by atoms with Gasteiger partial charge in [0.05, 0.1) is 5.41 Å². The monoisotopic (exact) mass is 275 g/mol. The molecule has 1 atom stereocenters. The lowest BCUT2D eigenvalue weighted by atomic mass is 9.82. The number of hydrogen-bond donors (Lipinski definition) is 1. The molecule has 2 rings (SSSR count). The molecule has 3 heteroatoms. The molecule has 1 aliphatic heterocycles. The Morgan fingerprint density at radius 2 is 2.00 bits per heavy atom. The van der Waals surface area contributed by atoms with Crippen molar-refractivity contribution < 1.29 is 9.90 Å². The van der Waals surface area contributed by atoms with Crippen LogP contribution in [0.15, 0.2) is 24.3 Å². The lowest BCUT2D eigenvalue weighted by Crippen LogP contribution is -2.45. The van der Waals surface area contributed by atoms with Crippen molar-refractivity contribution in [2.24, 2.45) is 5.41 Å². The molecule has 110 valence electrons. The van der Waals surface area contributed by atoms with Gasteiger partial charge in [0.2, 0.25) is 0 Å². The lowest BCUT2D eigenvalue weighted by molar-refractivity contribution is -0.151. The molecule has 20 heavy (non-hydrogen) atoms. The number of carboxylic acid groups (broad SMARTS) is 1. The fourth-order valence-corrected chi connectivity index (χ4v) is 2.92. The molecule has 1 aromatic rings. The summed E-state index contributed by atoms with van der Waals surface area (Å²) in [5.74, 6) is -0.119. The van der Waals surface area contributed by atoms with Gasteiger partial charge in [0.25, 0.3) is 0 Å². The summed E-state index contributed by atoms with van der Waals surface area (Å²) in [6, 6.07) is 8.70. The molecule has 0 saturated carbocycles. The van der Waals surface area contributed by atoms with Crippen molar-refractivity contribution >= 4 is 5.97 Å². The summed E-state index contributed by atoms with van der Waals surface area (Å²) in [7, 11) is 0. The van der Waals surface area contributed by atoms with Crippen LogP contribution < -0.4 is 0 Å². The summed E-state index contributed by atoms with van der Waals surface area (Å²) in [4.78, 5) is 13.6. The van der Waals surface area contributed by atoms with Crippen LogP contribution in [0.4, 0.5) is 0 Å². The summed E-state index contributed by atoms with van der Waals surface area (Å²) in [6.07, 6.45) is 1.75. The number of piperidine rings is 1. The van der Waals surface area contributed by atoms with Gasteiger partial charge in [-0.25, -0.2) is 0 Å². The summed E-state index contributed by atoms with van der Waals surface area (Å²) >= 11 is 0. The van der Waals surface area contributed by atoms with E-state index < -0.39 is 11.4 Å². The van der Waals surface area contributed by atoms with Crippen molar-refractivity contribution in [1.82, 2.24) is 4.90 Å². The van der Waals surface area contributed by atoms with E-state index in [0.29, 0.717) is 12.5 Å². The van der Waals surface area contributed by atoms with Crippen LogP contribution in [0.2, 0.25) is 0 Å². The highest BCUT2D eigenvalue weighted by atomic mass is 16.4. The first kappa shape index (κ1) is 15.0. The Kier molecular flexibility index (Phi) is 4.48. The average Bonchev–Trinajstić information content (AvgIpc) is 2.39. The third kappa shape index (κ3) is 3.40. The molecule has 1 saturated heterocycles. The third-order valence-electron chi connectivity index (χ3n) is 4.34. The predicted octanol–water partition coefficient (Wildman–Crippen LogP) is 3.50. The van der Waals surface area contributed by atoms with Crippen molar-refractivity contribution in [2.45, 2.75) is 46.1 Å². The molecular weight excluding hydrogens is 250 g/mol. The minimum atomic E-state index is -0.669. The Hall–Kier alpha value is -1.35. The zero-order valence-corrected chi connectivity index (χ0v) is 12.7. The van der Waals surface area contributed by atoms with E-state index in [9.17, 15) is 9.90 Å². The van der Waals surface area contributed by atoms with Gasteiger partial charge in [-0.3, -0.25) is 9.69 Å². The third-order valence-corrected chi connectivity index (χ3v) is 4.34. The molecule has 0 radical (unpaired) electrons. The minimum Gasteiger partial charge on any atom is -0.481 e. The number of aliphatic carboxylic acids is 1. The molecule has 1 fully saturated rings. The molecule has 0 amide bonds. The second-order valence-electron chi connectivity index (χ2n) is 6.58. The Morgan fingerprint density at radius 1 is 1.35 bits per heavy atom. The van der Waals surface area contributed by atoms with E-state index in [2.05, 4.69) is 43.0 Å². The Bertz CT molecular complexity index is 466. The van der Waals surface area contributed by atoms with Crippen molar-refractivity contribution in [3.05, 3.63) is 35.4 Å². The zero-order valence-electron chi connectivity index (χ0n) is 12.7. The first-order chi connectivity index (χ1) is 9.40. The van der Waals surface area contributed by atoms with Gasteiger partial charge in [-0.05, 0) is 43.4 Å². The first-order valence-corrected chi connectivity index (χ1v) is 7.45. The lowest BCUT2D eigenvalue weighted by Gasteiger charge is -2.37. The van der Waals surface area contributed by atoms with Crippen molar-refractivity contribution in [3.63, 3.8) is 0 Å². The highest BCUT2D eigenvalue weighted by Crippen LogP contribution is 2.30. The van der Waals surface area contributed by atoms with Crippen LogP contribution in [0.3, 0.4) is 0 Å². The topological polar surface area (TPSA) is 40.5 Å². The largest absolute Gasteiger partial charge is 0.481 e. The number of nitrogens with zero attached hydrogens (tertiary/aromatic N) is 1. The standard InChI is InChI=1S/C17H25NO2/c1-13(2)15-7-5-14(6-8-15)11-18-10-4-9-17(3,12-18)16(19)20/h5-8,13H,4,9-12H2,1-3H3,(H,19,20). The van der Waals surface area contributed by atoms with E-state index in [-0.39, 0.29) is 0 Å². The van der Waals surface area contributed by atoms with Crippen molar-refractivity contribution in [2.75, 3.05) is 13.1 Å². The Balaban J connectivity index is 2.01. The molecule has 0 bridgehead atoms. The number of likely N-dealkylation sites (tertiary alicyclic amines) is 1. The van der Waals surface area contributed by atoms with Gasteiger partial charge in [0.1, 0.15) is 0 Å². The van der Waals surface area contributed by atoms with Crippen LogP contribution >= 0.6 is 0 Å². The van der Waals surface area contributed by atoms with Crippen LogP contribution in [0.25, 0.3) is 0 Å². The molecule has 0 aromatic heterocycles. The molecule has 0 spiro atoms. The molecule has 0 aliphatic carbocycles. The van der Waals surface area contributed by atoms with Crippen LogP contribution in [0.1, 0.15) is 50.7 Å². The number of benzene rings is 1. The van der Waals surface area contributed by atoms with Crippen LogP contribution in [-0.4, -0.2) is 29.1 Å². The summed E-state index contributed by atoms with van der Waals surface area (Å²) in [5, 5.41) is 9.35. The van der Waals surface area contributed by atoms with Gasteiger partial charge in [-0.15, -0.1) is 0 Å². The normalized spacial score (nSPS) is 24.0. The van der Waals surface area contributed by atoms with Crippen molar-refractivity contribution in [1.29, 1.82) is 0 Å². The van der Waals surface area contributed by atoms with E-state index in [4.69, 9.17) is 0 Å². The number of carbonyl (C=O) groups is 1. The van der Waals surface area contributed by atoms with Gasteiger partial charge in [-0.2, -0.15) is 0 Å². The van der Waals surface area contributed by atoms with Crippen molar-refractivity contribution in [3.8, 4) is 0 Å². The van der Waals surface area contributed by atoms with Gasteiger partial charge in [-0.1, -0.05) is 38.1 Å². The molecule has 1 heterocycles. The van der Waals surface area contributed by atoms with Gasteiger partial charge < -0.3 is 5.11 Å². The quantitative estimate of drug-likeness (QED) is 0.914. The zero-order chi connectivity index (χ0) is 14.8. The minimum absolute atomic E-state index is 0.550. The van der Waals surface area contributed by atoms with E-state index in [1.54, 1.807) is 0 Å². The first-order valence-electron chi connectivity index (χ1n) is 7.45. The SMILES string of the molecule is CC(C)c1ccc(CN2CCCC(C)(C(=O)O)C2)cc1. The fourth-order valence-electron chi connectivity index (χ4n) is 2.92. The maximum Gasteiger partial charge on any atom is 0.310 e. The smallest absolute Gasteiger partial charge is 0.310 e. The fraction of sp³-hybridized carbons (Fsp3) is 0.588. The summed E-state index contributed by atoms with van der Waals surface area (Å²) in [5.41, 5.74) is 2.03. The van der Waals surface area contributed by atoms with E-state index in [1.807, 2.05) is 6.92 Å². The number of rotatable bonds is 4. The van der Waals surface area contributed by atoms with Gasteiger partial charge in [0.15, 0.2) is 0 Å². The van der Waals surface area contributed by atoms with E-state index >= 15 is 0 Å². The van der Waals surface area contributed by atoms with Crippen LogP contribution in [0.5, 0.6) is 0 Å². The highest BCUT2D eigenvalue weighted by Gasteiger charge is 2.37. The number of hydrogen-bond acceptors (Lipinski definition) is 2. The average molecular weight is 275 g/mol. The van der Waals surface area contributed by atoms with Gasteiger partial charge in [0, 0.05) is 13.1 Å². The Morgan fingerprint density at radius 3 is 2.55 bits per heavy atom. The maximum atomic E-state index is 11.4. The number of carboxylic acids is 1. The molecule has 1 N–H and O–H groups in total. The highest BCUT2D eigenvalue weighted by molar-refractivity contribution is 5.74. The summed E-state index contributed by atoms with van der Waals surface area (Å²) < 4.78 is 0. The Labute approximate surface area is 121 Å². The molecule has 1 unspecified atom stereocenters. The van der Waals surface area contributed by atoms with E-state index in [0.717, 1.165) is 25.9 Å². The second kappa shape index (κ2) is 5.96. The summed E-state index contributed by atoms with van der Waals surface area (Å²) in [6.45, 7) is 8.74. The molecule has 1 aliphatic rings. The maximum absolute atomic E-state index is 11.4. The predicted molar refractivity (Wildman–Crippen MR) is 80.8 cm³/mol. The molecular formula is C17H25NO2. The van der Waals surface area contributed by atoms with Gasteiger partial charge >= 0.3 is 5.97 Å². The second-order valence-corrected chi connectivity index (χ2v) is 6.58.